The van der Waals surface area contributed by atoms with Crippen LogP contribution in [0.4, 0.5) is 18.9 Å². The number of halogens is 3. The predicted molar refractivity (Wildman–Crippen MR) is 138 cm³/mol. The van der Waals surface area contributed by atoms with Crippen molar-refractivity contribution < 1.29 is 47.0 Å². The van der Waals surface area contributed by atoms with Crippen LogP contribution < -0.4 is 16.2 Å². The SMILES string of the molecule is CCOC(=O)/C=C/CC[C@H](NC(=O)CCC(=O)O)C(=O)Nc1cccn(CC(=O)N2CCC(C(F)(F)F)CC2)c1=O. The summed E-state index contributed by atoms with van der Waals surface area (Å²) in [5, 5.41) is 13.6. The van der Waals surface area contributed by atoms with Gasteiger partial charge in [-0.2, -0.15) is 13.2 Å². The normalized spacial score (nSPS) is 14.9. The first-order valence-electron chi connectivity index (χ1n) is 13.0. The molecule has 12 nitrogen and oxygen atoms in total. The Hall–Kier alpha value is -4.17. The summed E-state index contributed by atoms with van der Waals surface area (Å²) >= 11 is 0. The highest BCUT2D eigenvalue weighted by molar-refractivity contribution is 5.97. The quantitative estimate of drug-likeness (QED) is 0.233. The summed E-state index contributed by atoms with van der Waals surface area (Å²) in [6.45, 7) is 1.16. The molecule has 1 aliphatic heterocycles. The van der Waals surface area contributed by atoms with Crippen LogP contribution in [0.15, 0.2) is 35.3 Å². The molecule has 1 aromatic heterocycles. The molecule has 0 unspecified atom stereocenters. The number of aromatic nitrogens is 1. The lowest BCUT2D eigenvalue weighted by atomic mass is 9.96. The van der Waals surface area contributed by atoms with Gasteiger partial charge in [0.1, 0.15) is 18.3 Å². The Kier molecular flexibility index (Phi) is 12.5. The molecule has 3 N–H and O–H groups in total. The predicted octanol–water partition coefficient (Wildman–Crippen LogP) is 1.84. The maximum absolute atomic E-state index is 13.0. The summed E-state index contributed by atoms with van der Waals surface area (Å²) < 4.78 is 44.5. The molecule has 0 bridgehead atoms. The van der Waals surface area contributed by atoms with Gasteiger partial charge in [-0.15, -0.1) is 0 Å². The van der Waals surface area contributed by atoms with Crippen LogP contribution in [0.1, 0.15) is 45.4 Å². The maximum atomic E-state index is 13.0. The summed E-state index contributed by atoms with van der Waals surface area (Å²) in [7, 11) is 0. The number of nitrogens with one attached hydrogen (secondary N) is 2. The zero-order chi connectivity index (χ0) is 30.6. The minimum absolute atomic E-state index is 0.00601. The van der Waals surface area contributed by atoms with Gasteiger partial charge in [0.25, 0.3) is 5.56 Å². The number of esters is 1. The summed E-state index contributed by atoms with van der Waals surface area (Å²) in [5.74, 6) is -5.34. The topological polar surface area (TPSA) is 164 Å². The van der Waals surface area contributed by atoms with Gasteiger partial charge in [-0.1, -0.05) is 6.08 Å². The van der Waals surface area contributed by atoms with Crippen LogP contribution in [0.25, 0.3) is 0 Å². The molecule has 0 aliphatic carbocycles. The molecule has 0 spiro atoms. The number of likely N-dealkylation sites (tertiary alicyclic amines) is 1. The number of aliphatic carboxylic acids is 1. The zero-order valence-corrected chi connectivity index (χ0v) is 22.4. The number of carbonyl (C=O) groups is 5. The minimum atomic E-state index is -4.33. The van der Waals surface area contributed by atoms with Crippen LogP contribution in [0.2, 0.25) is 0 Å². The summed E-state index contributed by atoms with van der Waals surface area (Å²) in [5.41, 5.74) is -0.967. The largest absolute Gasteiger partial charge is 0.481 e. The molecule has 0 saturated carbocycles. The van der Waals surface area contributed by atoms with Gasteiger partial charge in [-0.05, 0) is 44.7 Å². The first-order chi connectivity index (χ1) is 19.3. The molecule has 1 aromatic rings. The molecular weight excluding hydrogens is 553 g/mol. The van der Waals surface area contributed by atoms with Crippen molar-refractivity contribution in [2.24, 2.45) is 5.92 Å². The molecule has 15 heteroatoms. The van der Waals surface area contributed by atoms with E-state index in [0.29, 0.717) is 0 Å². The van der Waals surface area contributed by atoms with Crippen LogP contribution in [0, 0.1) is 5.92 Å². The van der Waals surface area contributed by atoms with Crippen molar-refractivity contribution in [3.8, 4) is 0 Å². The second-order valence-electron chi connectivity index (χ2n) is 9.29. The van der Waals surface area contributed by atoms with E-state index in [1.807, 2.05) is 0 Å². The third kappa shape index (κ3) is 11.1. The number of piperidine rings is 1. The van der Waals surface area contributed by atoms with Crippen molar-refractivity contribution in [2.75, 3.05) is 25.0 Å². The zero-order valence-electron chi connectivity index (χ0n) is 22.4. The summed E-state index contributed by atoms with van der Waals surface area (Å²) in [4.78, 5) is 74.3. The highest BCUT2D eigenvalue weighted by Crippen LogP contribution is 2.34. The van der Waals surface area contributed by atoms with Crippen LogP contribution in [0.3, 0.4) is 0 Å². The third-order valence-corrected chi connectivity index (χ3v) is 6.27. The molecule has 0 radical (unpaired) electrons. The van der Waals surface area contributed by atoms with Crippen molar-refractivity contribution in [1.29, 1.82) is 0 Å². The van der Waals surface area contributed by atoms with E-state index < -0.39 is 72.7 Å². The Morgan fingerprint density at radius 2 is 1.85 bits per heavy atom. The number of pyridine rings is 1. The fraction of sp³-hybridized carbons (Fsp3) is 0.538. The standard InChI is InChI=1S/C26H33F3N4O8/c1-2-41-23(38)8-4-3-6-18(30-20(34)9-10-22(36)37)24(39)31-19-7-5-13-33(25(19)40)16-21(35)32-14-11-17(12-15-32)26(27,28)29/h4-5,7-8,13,17-18H,2-3,6,9-12,14-16H2,1H3,(H,30,34)(H,31,39)(H,36,37)/b8-4+/t18-/m0/s1. The van der Waals surface area contributed by atoms with Gasteiger partial charge in [-0.25, -0.2) is 4.79 Å². The van der Waals surface area contributed by atoms with Crippen LogP contribution in [-0.4, -0.2) is 76.1 Å². The molecule has 1 aliphatic rings. The fourth-order valence-corrected chi connectivity index (χ4v) is 4.07. The van der Waals surface area contributed by atoms with Gasteiger partial charge in [0.15, 0.2) is 0 Å². The first kappa shape index (κ1) is 33.0. The Balaban J connectivity index is 2.08. The number of hydrogen-bond acceptors (Lipinski definition) is 7. The molecule has 2 heterocycles. The lowest BCUT2D eigenvalue weighted by Crippen LogP contribution is -2.45. The van der Waals surface area contributed by atoms with E-state index in [4.69, 9.17) is 9.84 Å². The molecule has 1 fully saturated rings. The number of allylic oxidation sites excluding steroid dienone is 1. The van der Waals surface area contributed by atoms with E-state index in [1.54, 1.807) is 6.92 Å². The summed E-state index contributed by atoms with van der Waals surface area (Å²) in [6.07, 6.45) is -1.62. The van der Waals surface area contributed by atoms with Crippen molar-refractivity contribution in [2.45, 2.75) is 64.2 Å². The second-order valence-corrected chi connectivity index (χ2v) is 9.29. The van der Waals surface area contributed by atoms with Crippen LogP contribution in [0.5, 0.6) is 0 Å². The average Bonchev–Trinajstić information content (AvgIpc) is 2.91. The Morgan fingerprint density at radius 1 is 1.17 bits per heavy atom. The first-order valence-corrected chi connectivity index (χ1v) is 13.0. The Morgan fingerprint density at radius 3 is 2.46 bits per heavy atom. The number of rotatable bonds is 13. The van der Waals surface area contributed by atoms with Gasteiger partial charge in [0.05, 0.1) is 18.9 Å². The molecule has 1 saturated heterocycles. The van der Waals surface area contributed by atoms with E-state index in [9.17, 15) is 41.9 Å². The van der Waals surface area contributed by atoms with E-state index in [2.05, 4.69) is 10.6 Å². The van der Waals surface area contributed by atoms with Crippen molar-refractivity contribution >= 4 is 35.3 Å². The van der Waals surface area contributed by atoms with Gasteiger partial charge >= 0.3 is 18.1 Å². The lowest BCUT2D eigenvalue weighted by Gasteiger charge is -2.33. The molecule has 41 heavy (non-hydrogen) atoms. The Labute approximate surface area is 233 Å². The van der Waals surface area contributed by atoms with Crippen molar-refractivity contribution in [3.63, 3.8) is 0 Å². The number of carboxylic acid groups (broad SMARTS) is 1. The lowest BCUT2D eigenvalue weighted by molar-refractivity contribution is -0.186. The molecular formula is C26H33F3N4O8. The fourth-order valence-electron chi connectivity index (χ4n) is 4.07. The average molecular weight is 587 g/mol. The third-order valence-electron chi connectivity index (χ3n) is 6.27. The second kappa shape index (κ2) is 15.6. The number of ether oxygens (including phenoxy) is 1. The van der Waals surface area contributed by atoms with Gasteiger partial charge in [0, 0.05) is 31.8 Å². The number of carboxylic acids is 1. The number of carbonyl (C=O) groups excluding carboxylic acids is 4. The molecule has 3 amide bonds. The molecule has 1 atom stereocenters. The number of hydrogen-bond donors (Lipinski definition) is 3. The smallest absolute Gasteiger partial charge is 0.391 e. The van der Waals surface area contributed by atoms with E-state index in [1.165, 1.54) is 29.3 Å². The van der Waals surface area contributed by atoms with Gasteiger partial charge in [0.2, 0.25) is 17.7 Å². The highest BCUT2D eigenvalue weighted by Gasteiger charge is 2.41. The minimum Gasteiger partial charge on any atom is -0.481 e. The maximum Gasteiger partial charge on any atom is 0.391 e. The van der Waals surface area contributed by atoms with Crippen molar-refractivity contribution in [1.82, 2.24) is 14.8 Å². The van der Waals surface area contributed by atoms with Crippen molar-refractivity contribution in [3.05, 3.63) is 40.8 Å². The molecule has 0 aromatic carbocycles. The van der Waals surface area contributed by atoms with E-state index in [-0.39, 0.29) is 51.1 Å². The monoisotopic (exact) mass is 586 g/mol. The molecule has 2 rings (SSSR count). The van der Waals surface area contributed by atoms with Gasteiger partial charge < -0.3 is 29.9 Å². The van der Waals surface area contributed by atoms with Crippen LogP contribution >= 0.6 is 0 Å². The van der Waals surface area contributed by atoms with E-state index >= 15 is 0 Å². The van der Waals surface area contributed by atoms with Crippen LogP contribution in [-0.2, 0) is 35.3 Å². The van der Waals surface area contributed by atoms with E-state index in [0.717, 1.165) is 10.6 Å². The number of anilines is 1. The Bertz CT molecular complexity index is 1190. The number of amides is 3. The summed E-state index contributed by atoms with van der Waals surface area (Å²) in [6, 6.07) is 1.47. The number of nitrogens with zero attached hydrogens (tertiary/aromatic N) is 2. The molecule has 226 valence electrons. The highest BCUT2D eigenvalue weighted by atomic mass is 19.4. The van der Waals surface area contributed by atoms with Gasteiger partial charge in [-0.3, -0.25) is 24.0 Å². The number of alkyl halides is 3.